The monoisotopic (exact) mass is 250 g/mol. The fourth-order valence-electron chi connectivity index (χ4n) is 2.42. The van der Waals surface area contributed by atoms with Crippen molar-refractivity contribution in [3.8, 4) is 0 Å². The highest BCUT2D eigenvalue weighted by molar-refractivity contribution is 5.86. The second-order valence-electron chi connectivity index (χ2n) is 5.05. The molecule has 2 rings (SSSR count). The van der Waals surface area contributed by atoms with E-state index in [1.54, 1.807) is 0 Å². The zero-order valence-electron chi connectivity index (χ0n) is 9.59. The van der Waals surface area contributed by atoms with Crippen LogP contribution in [0.2, 0.25) is 0 Å². The van der Waals surface area contributed by atoms with Crippen LogP contribution in [0.1, 0.15) is 25.7 Å². The van der Waals surface area contributed by atoms with Gasteiger partial charge in [-0.2, -0.15) is 13.2 Å². The molecule has 0 aromatic carbocycles. The lowest BCUT2D eigenvalue weighted by atomic mass is 9.95. The van der Waals surface area contributed by atoms with E-state index in [1.807, 2.05) is 0 Å². The summed E-state index contributed by atoms with van der Waals surface area (Å²) in [5.41, 5.74) is 3.46. The van der Waals surface area contributed by atoms with Crippen LogP contribution < -0.4 is 5.73 Å². The van der Waals surface area contributed by atoms with Crippen LogP contribution in [0.4, 0.5) is 13.2 Å². The van der Waals surface area contributed by atoms with Gasteiger partial charge in [0.05, 0.1) is 0 Å². The molecule has 0 aromatic heterocycles. The van der Waals surface area contributed by atoms with Crippen molar-refractivity contribution in [3.05, 3.63) is 0 Å². The Labute approximate surface area is 98.1 Å². The Bertz CT molecular complexity index is 304. The highest BCUT2D eigenvalue weighted by Crippen LogP contribution is 2.58. The van der Waals surface area contributed by atoms with E-state index < -0.39 is 17.5 Å². The fourth-order valence-corrected chi connectivity index (χ4v) is 2.42. The number of hydrogen-bond donors (Lipinski definition) is 1. The van der Waals surface area contributed by atoms with Gasteiger partial charge in [0.15, 0.2) is 0 Å². The molecular weight excluding hydrogens is 233 g/mol. The molecule has 3 nitrogen and oxygen atoms in total. The summed E-state index contributed by atoms with van der Waals surface area (Å²) >= 11 is 0. The van der Waals surface area contributed by atoms with Crippen molar-refractivity contribution in [3.63, 3.8) is 0 Å². The number of nitrogens with two attached hydrogens (primary N) is 1. The molecule has 1 saturated carbocycles. The molecular formula is C11H17F3N2O. The lowest BCUT2D eigenvalue weighted by Gasteiger charge is -2.34. The van der Waals surface area contributed by atoms with E-state index >= 15 is 0 Å². The Morgan fingerprint density at radius 1 is 1.29 bits per heavy atom. The fraction of sp³-hybridized carbons (Fsp3) is 0.909. The number of rotatable bonds is 2. The molecule has 2 N–H and O–H groups in total. The van der Waals surface area contributed by atoms with Crippen molar-refractivity contribution in [1.29, 1.82) is 0 Å². The van der Waals surface area contributed by atoms with E-state index in [0.29, 0.717) is 25.6 Å². The highest BCUT2D eigenvalue weighted by Gasteiger charge is 2.69. The van der Waals surface area contributed by atoms with Gasteiger partial charge < -0.3 is 10.6 Å². The molecule has 0 unspecified atom stereocenters. The summed E-state index contributed by atoms with van der Waals surface area (Å²) in [5.74, 6) is -0.374. The second-order valence-corrected chi connectivity index (χ2v) is 5.05. The van der Waals surface area contributed by atoms with Gasteiger partial charge in [-0.1, -0.05) is 0 Å². The number of piperidine rings is 1. The second kappa shape index (κ2) is 4.15. The quantitative estimate of drug-likeness (QED) is 0.807. The summed E-state index contributed by atoms with van der Waals surface area (Å²) in [6.45, 7) is 1.38. The number of nitrogens with zero attached hydrogens (tertiary/aromatic N) is 1. The Morgan fingerprint density at radius 3 is 2.18 bits per heavy atom. The summed E-state index contributed by atoms with van der Waals surface area (Å²) < 4.78 is 38.3. The van der Waals surface area contributed by atoms with E-state index in [2.05, 4.69) is 0 Å². The molecule has 2 aliphatic rings. The SMILES string of the molecule is NCC1CCN(C(=O)C2(C(F)(F)F)CC2)CC1. The lowest BCUT2D eigenvalue weighted by Crippen LogP contribution is -2.47. The van der Waals surface area contributed by atoms with Crippen LogP contribution in [0.5, 0.6) is 0 Å². The predicted octanol–water partition coefficient (Wildman–Crippen LogP) is 1.53. The van der Waals surface area contributed by atoms with Crippen molar-refractivity contribution < 1.29 is 18.0 Å². The van der Waals surface area contributed by atoms with Gasteiger partial charge in [-0.25, -0.2) is 0 Å². The molecule has 0 aromatic rings. The molecule has 1 saturated heterocycles. The average Bonchev–Trinajstić information content (AvgIpc) is 3.08. The van der Waals surface area contributed by atoms with E-state index in [0.717, 1.165) is 12.8 Å². The number of carbonyl (C=O) groups is 1. The van der Waals surface area contributed by atoms with Crippen LogP contribution in [0.3, 0.4) is 0 Å². The topological polar surface area (TPSA) is 46.3 Å². The number of hydrogen-bond acceptors (Lipinski definition) is 2. The van der Waals surface area contributed by atoms with Gasteiger partial charge >= 0.3 is 6.18 Å². The van der Waals surface area contributed by atoms with Gasteiger partial charge in [-0.15, -0.1) is 0 Å². The van der Waals surface area contributed by atoms with Gasteiger partial charge in [0.1, 0.15) is 5.41 Å². The highest BCUT2D eigenvalue weighted by atomic mass is 19.4. The molecule has 0 atom stereocenters. The van der Waals surface area contributed by atoms with Gasteiger partial charge in [0.25, 0.3) is 0 Å². The van der Waals surface area contributed by atoms with Crippen molar-refractivity contribution >= 4 is 5.91 Å². The minimum absolute atomic E-state index is 0.0495. The van der Waals surface area contributed by atoms with Crippen LogP contribution in [0.25, 0.3) is 0 Å². The maximum atomic E-state index is 12.8. The Morgan fingerprint density at radius 2 is 1.82 bits per heavy atom. The molecule has 1 heterocycles. The molecule has 0 bridgehead atoms. The Kier molecular flexibility index (Phi) is 3.10. The third-order valence-electron chi connectivity index (χ3n) is 3.94. The van der Waals surface area contributed by atoms with Crippen LogP contribution in [0.15, 0.2) is 0 Å². The number of amides is 1. The summed E-state index contributed by atoms with van der Waals surface area (Å²) in [6, 6.07) is 0. The minimum Gasteiger partial charge on any atom is -0.342 e. The van der Waals surface area contributed by atoms with E-state index in [9.17, 15) is 18.0 Å². The molecule has 98 valence electrons. The van der Waals surface area contributed by atoms with Gasteiger partial charge in [-0.3, -0.25) is 4.79 Å². The normalized spacial score (nSPS) is 24.8. The summed E-state index contributed by atoms with van der Waals surface area (Å²) in [7, 11) is 0. The standard InChI is InChI=1S/C11H17F3N2O/c12-11(13,14)10(3-4-10)9(17)16-5-1-8(7-15)2-6-16/h8H,1-7,15H2. The maximum absolute atomic E-state index is 12.8. The first-order chi connectivity index (χ1) is 7.90. The number of carbonyl (C=O) groups excluding carboxylic acids is 1. The third kappa shape index (κ3) is 2.14. The summed E-state index contributed by atoms with van der Waals surface area (Å²) in [6.07, 6.45) is -3.06. The predicted molar refractivity (Wildman–Crippen MR) is 56.1 cm³/mol. The van der Waals surface area contributed by atoms with E-state index in [-0.39, 0.29) is 12.8 Å². The molecule has 0 spiro atoms. The van der Waals surface area contributed by atoms with Crippen molar-refractivity contribution in [1.82, 2.24) is 4.90 Å². The van der Waals surface area contributed by atoms with Crippen molar-refractivity contribution in [2.24, 2.45) is 17.1 Å². The lowest BCUT2D eigenvalue weighted by molar-refractivity contribution is -0.199. The van der Waals surface area contributed by atoms with Crippen LogP contribution in [0, 0.1) is 11.3 Å². The molecule has 6 heteroatoms. The number of alkyl halides is 3. The smallest absolute Gasteiger partial charge is 0.342 e. The van der Waals surface area contributed by atoms with Gasteiger partial charge in [0, 0.05) is 13.1 Å². The molecule has 1 amide bonds. The van der Waals surface area contributed by atoms with Crippen LogP contribution in [-0.4, -0.2) is 36.6 Å². The first kappa shape index (κ1) is 12.7. The summed E-state index contributed by atoms with van der Waals surface area (Å²) in [4.78, 5) is 13.3. The van der Waals surface area contributed by atoms with Gasteiger partial charge in [0.2, 0.25) is 5.91 Å². The largest absolute Gasteiger partial charge is 0.403 e. The van der Waals surface area contributed by atoms with Crippen molar-refractivity contribution in [2.45, 2.75) is 31.9 Å². The Balaban J connectivity index is 1.98. The molecule has 1 aliphatic heterocycles. The zero-order chi connectivity index (χ0) is 12.7. The zero-order valence-corrected chi connectivity index (χ0v) is 9.59. The average molecular weight is 250 g/mol. The first-order valence-electron chi connectivity index (χ1n) is 5.97. The number of halogens is 3. The third-order valence-corrected chi connectivity index (χ3v) is 3.94. The van der Waals surface area contributed by atoms with E-state index in [4.69, 9.17) is 5.73 Å². The molecule has 0 radical (unpaired) electrons. The number of likely N-dealkylation sites (tertiary alicyclic amines) is 1. The molecule has 17 heavy (non-hydrogen) atoms. The van der Waals surface area contributed by atoms with Crippen LogP contribution in [-0.2, 0) is 4.79 Å². The van der Waals surface area contributed by atoms with Gasteiger partial charge in [-0.05, 0) is 38.1 Å². The van der Waals surface area contributed by atoms with Crippen LogP contribution >= 0.6 is 0 Å². The van der Waals surface area contributed by atoms with Crippen molar-refractivity contribution in [2.75, 3.05) is 19.6 Å². The molecule has 1 aliphatic carbocycles. The Hall–Kier alpha value is -0.780. The maximum Gasteiger partial charge on any atom is 0.403 e. The minimum atomic E-state index is -4.39. The molecule has 2 fully saturated rings. The summed E-state index contributed by atoms with van der Waals surface area (Å²) in [5, 5.41) is 0. The first-order valence-corrected chi connectivity index (χ1v) is 5.97. The van der Waals surface area contributed by atoms with E-state index in [1.165, 1.54) is 4.90 Å².